The van der Waals surface area contributed by atoms with Crippen molar-refractivity contribution in [2.45, 2.75) is 0 Å². The van der Waals surface area contributed by atoms with Crippen LogP contribution in [0, 0.1) is 5.82 Å². The first-order valence-electron chi connectivity index (χ1n) is 11.3. The molecule has 0 amide bonds. The summed E-state index contributed by atoms with van der Waals surface area (Å²) in [7, 11) is 0. The molecule has 3 aliphatic rings. The van der Waals surface area contributed by atoms with E-state index in [1.165, 1.54) is 0 Å². The quantitative estimate of drug-likeness (QED) is 0.701. The molecule has 172 valence electrons. The Bertz CT molecular complexity index is 909. The number of anilines is 5. The summed E-state index contributed by atoms with van der Waals surface area (Å²) in [5, 5.41) is 0. The van der Waals surface area contributed by atoms with Crippen LogP contribution in [0.1, 0.15) is 0 Å². The first kappa shape index (κ1) is 21.0. The first-order valence-corrected chi connectivity index (χ1v) is 11.3. The molecule has 1 aromatic carbocycles. The highest BCUT2D eigenvalue weighted by Gasteiger charge is 2.28. The number of ether oxygens (including phenoxy) is 2. The third-order valence-electron chi connectivity index (χ3n) is 6.25. The molecule has 2 N–H and O–H groups in total. The maximum atomic E-state index is 15.7. The molecule has 1 aromatic heterocycles. The van der Waals surface area contributed by atoms with Crippen molar-refractivity contribution in [2.24, 2.45) is 0 Å². The van der Waals surface area contributed by atoms with Crippen LogP contribution in [-0.4, -0.2) is 88.8 Å². The maximum absolute atomic E-state index is 15.7. The summed E-state index contributed by atoms with van der Waals surface area (Å²) >= 11 is 0. The predicted octanol–water partition coefficient (Wildman–Crippen LogP) is 1.20. The Morgan fingerprint density at radius 1 is 0.656 bits per heavy atom. The zero-order chi connectivity index (χ0) is 21.9. The van der Waals surface area contributed by atoms with E-state index in [-0.39, 0.29) is 5.82 Å². The van der Waals surface area contributed by atoms with Crippen molar-refractivity contribution in [1.29, 1.82) is 0 Å². The van der Waals surface area contributed by atoms with Gasteiger partial charge in [0, 0.05) is 63.7 Å². The van der Waals surface area contributed by atoms with Gasteiger partial charge in [-0.3, -0.25) is 0 Å². The fourth-order valence-electron chi connectivity index (χ4n) is 4.37. The van der Waals surface area contributed by atoms with Crippen LogP contribution in [0.4, 0.5) is 33.3 Å². The van der Waals surface area contributed by atoms with Gasteiger partial charge in [-0.15, -0.1) is 0 Å². The summed E-state index contributed by atoms with van der Waals surface area (Å²) < 4.78 is 26.7. The molecule has 4 heterocycles. The SMILES string of the molecule is Nc1ccc(N2CCN(c3nc(N4CCOCC4)nc(N4CCOCC4)c3F)CC2)cc1. The number of aromatic nitrogens is 2. The van der Waals surface area contributed by atoms with Gasteiger partial charge in [-0.25, -0.2) is 0 Å². The summed E-state index contributed by atoms with van der Waals surface area (Å²) in [6.07, 6.45) is 0. The lowest BCUT2D eigenvalue weighted by atomic mass is 10.2. The van der Waals surface area contributed by atoms with Gasteiger partial charge in [-0.1, -0.05) is 0 Å². The highest BCUT2D eigenvalue weighted by molar-refractivity contribution is 5.59. The molecule has 0 atom stereocenters. The Morgan fingerprint density at radius 3 is 1.69 bits per heavy atom. The number of halogens is 1. The smallest absolute Gasteiger partial charge is 0.229 e. The van der Waals surface area contributed by atoms with Crippen LogP contribution in [0.2, 0.25) is 0 Å². The maximum Gasteiger partial charge on any atom is 0.229 e. The van der Waals surface area contributed by atoms with Gasteiger partial charge < -0.3 is 34.8 Å². The van der Waals surface area contributed by atoms with Gasteiger partial charge in [0.2, 0.25) is 11.8 Å². The van der Waals surface area contributed by atoms with Crippen molar-refractivity contribution >= 4 is 29.0 Å². The van der Waals surface area contributed by atoms with Gasteiger partial charge in [0.1, 0.15) is 0 Å². The van der Waals surface area contributed by atoms with E-state index >= 15 is 4.39 Å². The number of piperazine rings is 1. The molecule has 5 rings (SSSR count). The number of nitrogens with two attached hydrogens (primary N) is 1. The number of benzene rings is 1. The molecule has 3 fully saturated rings. The Kier molecular flexibility index (Phi) is 6.13. The molecular weight excluding hydrogens is 413 g/mol. The van der Waals surface area contributed by atoms with E-state index in [0.29, 0.717) is 83.3 Å². The minimum Gasteiger partial charge on any atom is -0.399 e. The number of hydrogen-bond donors (Lipinski definition) is 1. The number of rotatable bonds is 4. The Balaban J connectivity index is 1.40. The van der Waals surface area contributed by atoms with Crippen molar-refractivity contribution in [3.8, 4) is 0 Å². The van der Waals surface area contributed by atoms with Crippen LogP contribution in [0.5, 0.6) is 0 Å². The van der Waals surface area contributed by atoms with Crippen molar-refractivity contribution in [3.05, 3.63) is 30.1 Å². The van der Waals surface area contributed by atoms with Crippen LogP contribution in [0.3, 0.4) is 0 Å². The van der Waals surface area contributed by atoms with Crippen molar-refractivity contribution in [2.75, 3.05) is 104 Å². The van der Waals surface area contributed by atoms with Gasteiger partial charge in [0.25, 0.3) is 0 Å². The number of nitrogen functional groups attached to an aromatic ring is 1. The lowest BCUT2D eigenvalue weighted by molar-refractivity contribution is 0.121. The topological polar surface area (TPSA) is 83.2 Å². The number of hydrogen-bond acceptors (Lipinski definition) is 9. The molecular formula is C22H30FN7O2. The minimum absolute atomic E-state index is 0.343. The molecule has 3 aliphatic heterocycles. The monoisotopic (exact) mass is 443 g/mol. The lowest BCUT2D eigenvalue weighted by Gasteiger charge is -2.38. The average molecular weight is 444 g/mol. The predicted molar refractivity (Wildman–Crippen MR) is 123 cm³/mol. The highest BCUT2D eigenvalue weighted by Crippen LogP contribution is 2.30. The molecule has 9 nitrogen and oxygen atoms in total. The molecule has 2 aromatic rings. The van der Waals surface area contributed by atoms with Crippen LogP contribution in [-0.2, 0) is 9.47 Å². The third kappa shape index (κ3) is 4.37. The Labute approximate surface area is 187 Å². The van der Waals surface area contributed by atoms with E-state index in [1.54, 1.807) is 0 Å². The average Bonchev–Trinajstić information content (AvgIpc) is 2.86. The fraction of sp³-hybridized carbons (Fsp3) is 0.545. The van der Waals surface area contributed by atoms with E-state index in [1.807, 2.05) is 34.1 Å². The highest BCUT2D eigenvalue weighted by atomic mass is 19.1. The zero-order valence-corrected chi connectivity index (χ0v) is 18.2. The van der Waals surface area contributed by atoms with Gasteiger partial charge in [-0.2, -0.15) is 14.4 Å². The number of morpholine rings is 2. The summed E-state index contributed by atoms with van der Waals surface area (Å²) in [5.74, 6) is 0.998. The third-order valence-corrected chi connectivity index (χ3v) is 6.25. The standard InChI is InChI=1S/C22H30FN7O2/c23-19-20(28-7-5-27(6-8-28)18-3-1-17(24)2-4-18)25-22(30-11-15-32-16-12-30)26-21(19)29-9-13-31-14-10-29/h1-4H,5-16,24H2. The van der Waals surface area contributed by atoms with Crippen molar-refractivity contribution in [1.82, 2.24) is 9.97 Å². The second-order valence-electron chi connectivity index (χ2n) is 8.25. The van der Waals surface area contributed by atoms with Crippen LogP contribution >= 0.6 is 0 Å². The summed E-state index contributed by atoms with van der Waals surface area (Å²) in [6.45, 7) is 8.01. The van der Waals surface area contributed by atoms with Crippen molar-refractivity contribution < 1.29 is 13.9 Å². The second-order valence-corrected chi connectivity index (χ2v) is 8.25. The van der Waals surface area contributed by atoms with E-state index < -0.39 is 0 Å². The van der Waals surface area contributed by atoms with Crippen LogP contribution in [0.25, 0.3) is 0 Å². The van der Waals surface area contributed by atoms with Gasteiger partial charge in [0.15, 0.2) is 11.6 Å². The molecule has 0 radical (unpaired) electrons. The molecule has 0 saturated carbocycles. The van der Waals surface area contributed by atoms with E-state index in [0.717, 1.165) is 24.5 Å². The normalized spacial score (nSPS) is 20.0. The van der Waals surface area contributed by atoms with E-state index in [4.69, 9.17) is 20.2 Å². The molecule has 10 heteroatoms. The molecule has 0 aliphatic carbocycles. The first-order chi connectivity index (χ1) is 15.7. The van der Waals surface area contributed by atoms with E-state index in [2.05, 4.69) is 14.8 Å². The molecule has 0 bridgehead atoms. The molecule has 3 saturated heterocycles. The second kappa shape index (κ2) is 9.33. The Hall–Kier alpha value is -2.85. The number of nitrogens with zero attached hydrogens (tertiary/aromatic N) is 6. The summed E-state index contributed by atoms with van der Waals surface area (Å²) in [6, 6.07) is 7.89. The molecule has 0 unspecified atom stereocenters. The molecule has 32 heavy (non-hydrogen) atoms. The Morgan fingerprint density at radius 2 is 1.12 bits per heavy atom. The van der Waals surface area contributed by atoms with Crippen LogP contribution in [0.15, 0.2) is 24.3 Å². The minimum atomic E-state index is -0.343. The summed E-state index contributed by atoms with van der Waals surface area (Å²) in [4.78, 5) is 17.7. The largest absolute Gasteiger partial charge is 0.399 e. The van der Waals surface area contributed by atoms with Gasteiger partial charge in [-0.05, 0) is 24.3 Å². The zero-order valence-electron chi connectivity index (χ0n) is 18.2. The van der Waals surface area contributed by atoms with E-state index in [9.17, 15) is 0 Å². The lowest BCUT2D eigenvalue weighted by Crippen LogP contribution is -2.47. The van der Waals surface area contributed by atoms with Crippen LogP contribution < -0.4 is 25.3 Å². The molecule has 0 spiro atoms. The fourth-order valence-corrected chi connectivity index (χ4v) is 4.37. The van der Waals surface area contributed by atoms with Gasteiger partial charge >= 0.3 is 0 Å². The summed E-state index contributed by atoms with van der Waals surface area (Å²) in [5.41, 5.74) is 7.70. The van der Waals surface area contributed by atoms with Crippen molar-refractivity contribution in [3.63, 3.8) is 0 Å². The van der Waals surface area contributed by atoms with Gasteiger partial charge in [0.05, 0.1) is 26.4 Å².